The zero-order chi connectivity index (χ0) is 13.3. The smallest absolute Gasteiger partial charge is 0.308 e. The van der Waals surface area contributed by atoms with Crippen LogP contribution < -0.4 is 0 Å². The lowest BCUT2D eigenvalue weighted by Gasteiger charge is -2.26. The van der Waals surface area contributed by atoms with Gasteiger partial charge in [-0.15, -0.1) is 0 Å². The van der Waals surface area contributed by atoms with E-state index in [4.69, 9.17) is 5.11 Å². The summed E-state index contributed by atoms with van der Waals surface area (Å²) < 4.78 is 0. The van der Waals surface area contributed by atoms with Crippen LogP contribution in [-0.2, 0) is 9.59 Å². The molecule has 1 N–H and O–H groups in total. The average molecular weight is 250 g/mol. The summed E-state index contributed by atoms with van der Waals surface area (Å²) in [5, 5.41) is 18.3. The molecule has 0 aromatic heterocycles. The Morgan fingerprint density at radius 2 is 1.94 bits per heavy atom. The molecule has 2 rings (SSSR count). The Bertz CT molecular complexity index is 407. The normalized spacial score (nSPS) is 30.1. The third kappa shape index (κ3) is 1.96. The van der Waals surface area contributed by atoms with Gasteiger partial charge in [0.05, 0.1) is 12.0 Å². The first-order valence-corrected chi connectivity index (χ1v) is 6.43. The van der Waals surface area contributed by atoms with E-state index in [0.29, 0.717) is 19.4 Å². The Morgan fingerprint density at radius 1 is 1.33 bits per heavy atom. The van der Waals surface area contributed by atoms with E-state index < -0.39 is 17.3 Å². The number of likely N-dealkylation sites (tertiary alicyclic amines) is 1. The number of nitriles is 1. The van der Waals surface area contributed by atoms with Crippen LogP contribution in [0.2, 0.25) is 0 Å². The minimum atomic E-state index is -0.882. The lowest BCUT2D eigenvalue weighted by Crippen LogP contribution is -2.41. The van der Waals surface area contributed by atoms with Gasteiger partial charge in [-0.3, -0.25) is 9.59 Å². The average Bonchev–Trinajstić information content (AvgIpc) is 2.95. The van der Waals surface area contributed by atoms with Gasteiger partial charge in [-0.05, 0) is 18.8 Å². The van der Waals surface area contributed by atoms with Crippen molar-refractivity contribution in [1.29, 1.82) is 5.26 Å². The van der Waals surface area contributed by atoms with E-state index in [1.54, 1.807) is 4.90 Å². The second-order valence-corrected chi connectivity index (χ2v) is 5.53. The van der Waals surface area contributed by atoms with Crippen molar-refractivity contribution in [3.8, 4) is 6.07 Å². The van der Waals surface area contributed by atoms with E-state index in [1.165, 1.54) is 0 Å². The Balaban J connectivity index is 2.12. The highest BCUT2D eigenvalue weighted by Crippen LogP contribution is 2.40. The fourth-order valence-electron chi connectivity index (χ4n) is 3.11. The molecule has 2 fully saturated rings. The summed E-state index contributed by atoms with van der Waals surface area (Å²) in [6.45, 7) is 2.55. The molecule has 18 heavy (non-hydrogen) atoms. The Hall–Kier alpha value is -1.57. The van der Waals surface area contributed by atoms with E-state index in [9.17, 15) is 14.9 Å². The second kappa shape index (κ2) is 4.60. The number of nitrogens with zero attached hydrogens (tertiary/aromatic N) is 2. The highest BCUT2D eigenvalue weighted by Gasteiger charge is 2.47. The Morgan fingerprint density at radius 3 is 2.39 bits per heavy atom. The molecular formula is C13H18N2O3. The topological polar surface area (TPSA) is 81.4 Å². The van der Waals surface area contributed by atoms with E-state index >= 15 is 0 Å². The molecule has 0 unspecified atom stereocenters. The fraction of sp³-hybridized carbons (Fsp3) is 0.769. The fourth-order valence-corrected chi connectivity index (χ4v) is 3.11. The number of aliphatic carboxylic acids is 1. The maximum atomic E-state index is 12.4. The van der Waals surface area contributed by atoms with Crippen LogP contribution in [0.4, 0.5) is 0 Å². The van der Waals surface area contributed by atoms with Gasteiger partial charge in [0.25, 0.3) is 0 Å². The zero-order valence-electron chi connectivity index (χ0n) is 10.6. The van der Waals surface area contributed by atoms with Gasteiger partial charge >= 0.3 is 5.97 Å². The number of carbonyl (C=O) groups is 2. The van der Waals surface area contributed by atoms with Crippen molar-refractivity contribution in [3.05, 3.63) is 0 Å². The van der Waals surface area contributed by atoms with Gasteiger partial charge in [0.1, 0.15) is 5.41 Å². The van der Waals surface area contributed by atoms with Gasteiger partial charge in [0.2, 0.25) is 5.91 Å². The van der Waals surface area contributed by atoms with Gasteiger partial charge in [0, 0.05) is 13.1 Å². The molecule has 1 aliphatic heterocycles. The Kier molecular flexibility index (Phi) is 3.29. The highest BCUT2D eigenvalue weighted by atomic mass is 16.4. The number of rotatable bonds is 2. The molecule has 2 aliphatic rings. The molecule has 5 nitrogen and oxygen atoms in total. The quantitative estimate of drug-likeness (QED) is 0.799. The molecule has 0 aromatic carbocycles. The van der Waals surface area contributed by atoms with Crippen LogP contribution in [0.5, 0.6) is 0 Å². The van der Waals surface area contributed by atoms with Crippen molar-refractivity contribution >= 4 is 11.9 Å². The van der Waals surface area contributed by atoms with E-state index in [-0.39, 0.29) is 18.4 Å². The van der Waals surface area contributed by atoms with Crippen molar-refractivity contribution in [1.82, 2.24) is 4.90 Å². The maximum absolute atomic E-state index is 12.4. The molecule has 5 heteroatoms. The predicted molar refractivity (Wildman–Crippen MR) is 63.4 cm³/mol. The number of amides is 1. The summed E-state index contributed by atoms with van der Waals surface area (Å²) in [6, 6.07) is 2.17. The zero-order valence-corrected chi connectivity index (χ0v) is 10.6. The van der Waals surface area contributed by atoms with Gasteiger partial charge < -0.3 is 10.0 Å². The molecule has 98 valence electrons. The van der Waals surface area contributed by atoms with Gasteiger partial charge in [-0.2, -0.15) is 5.26 Å². The summed E-state index contributed by atoms with van der Waals surface area (Å²) in [5.74, 6) is -1.54. The molecule has 0 radical (unpaired) electrons. The number of hydrogen-bond acceptors (Lipinski definition) is 3. The van der Waals surface area contributed by atoms with Crippen molar-refractivity contribution < 1.29 is 14.7 Å². The first-order valence-electron chi connectivity index (χ1n) is 6.43. The van der Waals surface area contributed by atoms with Crippen LogP contribution in [0.3, 0.4) is 0 Å². The van der Waals surface area contributed by atoms with Gasteiger partial charge in [-0.1, -0.05) is 19.8 Å². The minimum absolute atomic E-state index is 0.0383. The van der Waals surface area contributed by atoms with Crippen LogP contribution in [0.25, 0.3) is 0 Å². The van der Waals surface area contributed by atoms with Crippen molar-refractivity contribution in [2.24, 2.45) is 17.3 Å². The van der Waals surface area contributed by atoms with Crippen LogP contribution in [0, 0.1) is 28.6 Å². The van der Waals surface area contributed by atoms with Gasteiger partial charge in [0.15, 0.2) is 0 Å². The molecule has 1 amide bonds. The summed E-state index contributed by atoms with van der Waals surface area (Å²) in [5.41, 5.74) is -0.882. The van der Waals surface area contributed by atoms with Crippen LogP contribution >= 0.6 is 0 Å². The summed E-state index contributed by atoms with van der Waals surface area (Å²) in [6.07, 6.45) is 3.05. The monoisotopic (exact) mass is 250 g/mol. The van der Waals surface area contributed by atoms with Crippen molar-refractivity contribution in [2.45, 2.75) is 32.6 Å². The number of carboxylic acids is 1. The molecular weight excluding hydrogens is 232 g/mol. The third-order valence-corrected chi connectivity index (χ3v) is 4.30. The molecule has 1 saturated carbocycles. The predicted octanol–water partition coefficient (Wildman–Crippen LogP) is 1.25. The first kappa shape index (κ1) is 12.9. The van der Waals surface area contributed by atoms with Crippen LogP contribution in [0.15, 0.2) is 0 Å². The SMILES string of the molecule is C[C@@H]1CN(C(=O)C2(C#N)CCCC2)C[C@H]1C(=O)O. The Labute approximate surface area is 106 Å². The molecule has 1 aliphatic carbocycles. The molecule has 1 heterocycles. The first-order chi connectivity index (χ1) is 8.50. The standard InChI is InChI=1S/C13H18N2O3/c1-9-6-15(7-10(9)11(16)17)12(18)13(8-14)4-2-3-5-13/h9-10H,2-7H2,1H3,(H,16,17)/t9-,10-/m1/s1. The highest BCUT2D eigenvalue weighted by molar-refractivity contribution is 5.87. The van der Waals surface area contributed by atoms with Crippen molar-refractivity contribution in [3.63, 3.8) is 0 Å². The van der Waals surface area contributed by atoms with E-state index in [0.717, 1.165) is 12.8 Å². The van der Waals surface area contributed by atoms with Gasteiger partial charge in [-0.25, -0.2) is 0 Å². The van der Waals surface area contributed by atoms with Crippen LogP contribution in [0.1, 0.15) is 32.6 Å². The second-order valence-electron chi connectivity index (χ2n) is 5.53. The number of carbonyl (C=O) groups excluding carboxylic acids is 1. The summed E-state index contributed by atoms with van der Waals surface area (Å²) in [7, 11) is 0. The van der Waals surface area contributed by atoms with Crippen LogP contribution in [-0.4, -0.2) is 35.0 Å². The molecule has 0 aromatic rings. The molecule has 1 saturated heterocycles. The summed E-state index contributed by atoms with van der Waals surface area (Å²) in [4.78, 5) is 25.1. The largest absolute Gasteiger partial charge is 0.481 e. The molecule has 0 bridgehead atoms. The van der Waals surface area contributed by atoms with Crippen molar-refractivity contribution in [2.75, 3.05) is 13.1 Å². The lowest BCUT2D eigenvalue weighted by atomic mass is 9.86. The minimum Gasteiger partial charge on any atom is -0.481 e. The maximum Gasteiger partial charge on any atom is 0.308 e. The molecule has 2 atom stereocenters. The van der Waals surface area contributed by atoms with E-state index in [1.807, 2.05) is 6.92 Å². The molecule has 0 spiro atoms. The summed E-state index contributed by atoms with van der Waals surface area (Å²) >= 11 is 0. The number of carboxylic acid groups (broad SMARTS) is 1. The number of hydrogen-bond donors (Lipinski definition) is 1. The van der Waals surface area contributed by atoms with E-state index in [2.05, 4.69) is 6.07 Å². The third-order valence-electron chi connectivity index (χ3n) is 4.30. The lowest BCUT2D eigenvalue weighted by molar-refractivity contribution is -0.142.